The van der Waals surface area contributed by atoms with E-state index in [4.69, 9.17) is 18.1 Å². The first kappa shape index (κ1) is 7.33. The van der Waals surface area contributed by atoms with Crippen molar-refractivity contribution in [3.63, 3.8) is 0 Å². The van der Waals surface area contributed by atoms with Crippen LogP contribution in [0.15, 0.2) is 18.2 Å². The molecule has 0 unspecified atom stereocenters. The molecule has 5 heteroatoms. The third-order valence-corrected chi connectivity index (χ3v) is 1.89. The summed E-state index contributed by atoms with van der Waals surface area (Å²) >= 11 is 4.93. The molecule has 1 aromatic carbocycles. The molecule has 5 N–H and O–H groups in total. The molecular formula is C7H8N4S. The van der Waals surface area contributed by atoms with Crippen molar-refractivity contribution in [1.82, 2.24) is 9.97 Å². The topological polar surface area (TPSA) is 69.6 Å². The Bertz CT molecular complexity index is 456. The molecule has 0 radical (unpaired) electrons. The van der Waals surface area contributed by atoms with E-state index in [2.05, 4.69) is 15.4 Å². The summed E-state index contributed by atoms with van der Waals surface area (Å²) < 4.78 is 0.624. The van der Waals surface area contributed by atoms with Crippen LogP contribution in [0.5, 0.6) is 0 Å². The number of nitrogens with two attached hydrogens (primary N) is 1. The predicted molar refractivity (Wildman–Crippen MR) is 51.3 cm³/mol. The largest absolute Gasteiger partial charge is 0.331 e. The number of hydrogen-bond donors (Lipinski definition) is 4. The molecule has 0 aliphatic rings. The van der Waals surface area contributed by atoms with Gasteiger partial charge in [-0.2, -0.15) is 0 Å². The quantitative estimate of drug-likeness (QED) is 0.305. The SMILES string of the molecule is NNc1ccc2[nH]c(=S)[nH]c2c1. The van der Waals surface area contributed by atoms with Crippen molar-refractivity contribution in [2.45, 2.75) is 0 Å². The number of fused-ring (bicyclic) bond motifs is 1. The maximum atomic E-state index is 5.25. The molecule has 12 heavy (non-hydrogen) atoms. The van der Waals surface area contributed by atoms with Crippen molar-refractivity contribution in [1.29, 1.82) is 0 Å². The highest BCUT2D eigenvalue weighted by molar-refractivity contribution is 7.71. The molecule has 4 nitrogen and oxygen atoms in total. The molecule has 62 valence electrons. The van der Waals surface area contributed by atoms with E-state index in [0.29, 0.717) is 4.77 Å². The van der Waals surface area contributed by atoms with E-state index < -0.39 is 0 Å². The lowest BCUT2D eigenvalue weighted by molar-refractivity contribution is 1.30. The Balaban J connectivity index is 2.74. The summed E-state index contributed by atoms with van der Waals surface area (Å²) in [7, 11) is 0. The minimum Gasteiger partial charge on any atom is -0.331 e. The Morgan fingerprint density at radius 2 is 2.00 bits per heavy atom. The second-order valence-electron chi connectivity index (χ2n) is 2.48. The fourth-order valence-corrected chi connectivity index (χ4v) is 1.34. The standard InChI is InChI=1S/C7H8N4S/c8-11-4-1-2-5-6(3-4)10-7(12)9-5/h1-3,11H,8H2,(H2,9,10,12). The van der Waals surface area contributed by atoms with Crippen LogP contribution in [0.3, 0.4) is 0 Å². The molecule has 0 atom stereocenters. The summed E-state index contributed by atoms with van der Waals surface area (Å²) in [5, 5.41) is 0. The van der Waals surface area contributed by atoms with Gasteiger partial charge in [-0.25, -0.2) is 0 Å². The molecule has 0 aliphatic heterocycles. The third kappa shape index (κ3) is 1.09. The molecule has 0 aliphatic carbocycles. The highest BCUT2D eigenvalue weighted by atomic mass is 32.1. The molecule has 2 rings (SSSR count). The summed E-state index contributed by atoms with van der Waals surface area (Å²) in [4.78, 5) is 6.00. The van der Waals surface area contributed by atoms with Crippen molar-refractivity contribution in [2.24, 2.45) is 5.84 Å². The Morgan fingerprint density at radius 3 is 2.75 bits per heavy atom. The maximum Gasteiger partial charge on any atom is 0.175 e. The lowest BCUT2D eigenvalue weighted by atomic mass is 10.3. The Hall–Kier alpha value is -1.33. The number of anilines is 1. The highest BCUT2D eigenvalue weighted by Gasteiger charge is 1.95. The predicted octanol–water partition coefficient (Wildman–Crippen LogP) is 1.51. The van der Waals surface area contributed by atoms with Crippen molar-refractivity contribution in [3.8, 4) is 0 Å². The number of hydrazine groups is 1. The lowest BCUT2D eigenvalue weighted by Gasteiger charge is -1.97. The van der Waals surface area contributed by atoms with E-state index in [9.17, 15) is 0 Å². The Labute approximate surface area is 73.8 Å². The van der Waals surface area contributed by atoms with Gasteiger partial charge in [-0.05, 0) is 30.4 Å². The summed E-state index contributed by atoms with van der Waals surface area (Å²) in [6, 6.07) is 5.68. The van der Waals surface area contributed by atoms with Crippen molar-refractivity contribution >= 4 is 28.9 Å². The molecule has 0 saturated carbocycles. The maximum absolute atomic E-state index is 5.25. The molecule has 1 heterocycles. The van der Waals surface area contributed by atoms with Gasteiger partial charge >= 0.3 is 0 Å². The van der Waals surface area contributed by atoms with Crippen LogP contribution in [0.2, 0.25) is 0 Å². The lowest BCUT2D eigenvalue weighted by Crippen LogP contribution is -2.05. The number of H-pyrrole nitrogens is 2. The van der Waals surface area contributed by atoms with Gasteiger partial charge in [0.2, 0.25) is 0 Å². The zero-order valence-electron chi connectivity index (χ0n) is 6.22. The van der Waals surface area contributed by atoms with Gasteiger partial charge in [0.15, 0.2) is 4.77 Å². The summed E-state index contributed by atoms with van der Waals surface area (Å²) in [6.07, 6.45) is 0. The molecule has 0 spiro atoms. The van der Waals surface area contributed by atoms with Gasteiger partial charge in [0.05, 0.1) is 16.7 Å². The average Bonchev–Trinajstić information content (AvgIpc) is 2.43. The van der Waals surface area contributed by atoms with E-state index in [-0.39, 0.29) is 0 Å². The third-order valence-electron chi connectivity index (χ3n) is 1.68. The Morgan fingerprint density at radius 1 is 1.25 bits per heavy atom. The van der Waals surface area contributed by atoms with Crippen molar-refractivity contribution in [2.75, 3.05) is 5.43 Å². The first-order valence-corrected chi connectivity index (χ1v) is 3.89. The number of imidazole rings is 1. The van der Waals surface area contributed by atoms with Crippen LogP contribution in [0.25, 0.3) is 11.0 Å². The number of nitrogens with one attached hydrogen (secondary N) is 3. The number of benzene rings is 1. The molecular weight excluding hydrogens is 172 g/mol. The van der Waals surface area contributed by atoms with Crippen LogP contribution < -0.4 is 11.3 Å². The smallest absolute Gasteiger partial charge is 0.175 e. The molecule has 2 aromatic rings. The highest BCUT2D eigenvalue weighted by Crippen LogP contribution is 2.14. The molecule has 1 aromatic heterocycles. The number of rotatable bonds is 1. The number of nitrogen functional groups attached to an aromatic ring is 1. The normalized spacial score (nSPS) is 10.4. The van der Waals surface area contributed by atoms with E-state index in [0.717, 1.165) is 16.7 Å². The van der Waals surface area contributed by atoms with Crippen molar-refractivity contribution in [3.05, 3.63) is 23.0 Å². The van der Waals surface area contributed by atoms with Gasteiger partial charge in [0.1, 0.15) is 0 Å². The number of hydrogen-bond acceptors (Lipinski definition) is 3. The van der Waals surface area contributed by atoms with E-state index in [1.54, 1.807) is 0 Å². The monoisotopic (exact) mass is 180 g/mol. The van der Waals surface area contributed by atoms with Crippen LogP contribution in [0.4, 0.5) is 5.69 Å². The second kappa shape index (κ2) is 2.62. The van der Waals surface area contributed by atoms with E-state index in [1.165, 1.54) is 0 Å². The number of aromatic nitrogens is 2. The molecule has 0 fully saturated rings. The van der Waals surface area contributed by atoms with Gasteiger partial charge in [0.25, 0.3) is 0 Å². The van der Waals surface area contributed by atoms with E-state index in [1.807, 2.05) is 18.2 Å². The van der Waals surface area contributed by atoms with Gasteiger partial charge in [-0.3, -0.25) is 5.84 Å². The summed E-state index contributed by atoms with van der Waals surface area (Å²) in [5.74, 6) is 5.25. The average molecular weight is 180 g/mol. The molecule has 0 saturated heterocycles. The second-order valence-corrected chi connectivity index (χ2v) is 2.89. The fraction of sp³-hybridized carbons (Fsp3) is 0. The van der Waals surface area contributed by atoms with E-state index >= 15 is 0 Å². The van der Waals surface area contributed by atoms with Gasteiger partial charge in [-0.1, -0.05) is 0 Å². The molecule has 0 amide bonds. The first-order chi connectivity index (χ1) is 5.79. The molecule has 0 bridgehead atoms. The van der Waals surface area contributed by atoms with Crippen LogP contribution >= 0.6 is 12.2 Å². The zero-order chi connectivity index (χ0) is 8.55. The van der Waals surface area contributed by atoms with Crippen LogP contribution in [-0.2, 0) is 0 Å². The van der Waals surface area contributed by atoms with Crippen molar-refractivity contribution < 1.29 is 0 Å². The van der Waals surface area contributed by atoms with Gasteiger partial charge in [0, 0.05) is 0 Å². The van der Waals surface area contributed by atoms with Crippen LogP contribution in [0.1, 0.15) is 0 Å². The first-order valence-electron chi connectivity index (χ1n) is 3.48. The zero-order valence-corrected chi connectivity index (χ0v) is 7.03. The fourth-order valence-electron chi connectivity index (χ4n) is 1.12. The minimum absolute atomic E-state index is 0.624. The van der Waals surface area contributed by atoms with Gasteiger partial charge < -0.3 is 15.4 Å². The number of aromatic amines is 2. The minimum atomic E-state index is 0.624. The van der Waals surface area contributed by atoms with Crippen LogP contribution in [-0.4, -0.2) is 9.97 Å². The Kier molecular flexibility index (Phi) is 1.60. The summed E-state index contributed by atoms with van der Waals surface area (Å²) in [5.41, 5.74) is 5.35. The van der Waals surface area contributed by atoms with Gasteiger partial charge in [-0.15, -0.1) is 0 Å². The van der Waals surface area contributed by atoms with Crippen LogP contribution in [0, 0.1) is 4.77 Å². The summed E-state index contributed by atoms with van der Waals surface area (Å²) in [6.45, 7) is 0.